The van der Waals surface area contributed by atoms with Crippen molar-refractivity contribution in [1.29, 1.82) is 5.41 Å². The maximum Gasteiger partial charge on any atom is 0.335 e. The molecule has 1 unspecified atom stereocenters. The zero-order valence-electron chi connectivity index (χ0n) is 17.4. The lowest BCUT2D eigenvalue weighted by molar-refractivity contribution is 0.0697. The topological polar surface area (TPSA) is 116 Å². The Morgan fingerprint density at radius 3 is 2.84 bits per heavy atom. The van der Waals surface area contributed by atoms with Gasteiger partial charge in [0.05, 0.1) is 23.0 Å². The van der Waals surface area contributed by atoms with Crippen molar-refractivity contribution in [2.24, 2.45) is 0 Å². The molecule has 2 heterocycles. The summed E-state index contributed by atoms with van der Waals surface area (Å²) in [6.07, 6.45) is 3.87. The minimum atomic E-state index is -0.957. The summed E-state index contributed by atoms with van der Waals surface area (Å²) in [4.78, 5) is 11.4. The molecule has 0 aliphatic carbocycles. The zero-order valence-corrected chi connectivity index (χ0v) is 17.4. The zero-order chi connectivity index (χ0) is 22.0. The fraction of sp³-hybridized carbons (Fsp3) is 0.217. The van der Waals surface area contributed by atoms with E-state index in [2.05, 4.69) is 27.0 Å². The molecule has 1 aliphatic rings. The number of carboxylic acids is 1. The maximum atomic E-state index is 11.4. The lowest BCUT2D eigenvalue weighted by Crippen LogP contribution is -2.13. The number of nitrogens with one attached hydrogen (secondary N) is 3. The van der Waals surface area contributed by atoms with Crippen LogP contribution in [0.3, 0.4) is 0 Å². The molecule has 0 radical (unpaired) electrons. The number of aromatic carboxylic acids is 1. The molecule has 4 rings (SSSR count). The van der Waals surface area contributed by atoms with E-state index in [9.17, 15) is 9.90 Å². The Labute approximate surface area is 180 Å². The summed E-state index contributed by atoms with van der Waals surface area (Å²) in [7, 11) is 1.81. The van der Waals surface area contributed by atoms with Gasteiger partial charge in [0.1, 0.15) is 0 Å². The average molecular weight is 416 g/mol. The molecule has 31 heavy (non-hydrogen) atoms. The molecule has 3 aromatic rings. The second-order valence-electron chi connectivity index (χ2n) is 7.45. The van der Waals surface area contributed by atoms with Crippen molar-refractivity contribution in [3.05, 3.63) is 71.0 Å². The second kappa shape index (κ2) is 8.43. The van der Waals surface area contributed by atoms with Crippen molar-refractivity contribution in [3.8, 4) is 11.3 Å². The SMILES string of the molecule is CN/C=C(\C=N)c1ccc2c(c1)C(Nc1cccc(C(=O)O)c1)CCn1nnc(C)c1-2. The molecule has 8 heteroatoms. The van der Waals surface area contributed by atoms with Gasteiger partial charge in [-0.3, -0.25) is 0 Å². The van der Waals surface area contributed by atoms with Gasteiger partial charge in [-0.15, -0.1) is 5.10 Å². The molecule has 1 aromatic heterocycles. The monoisotopic (exact) mass is 416 g/mol. The van der Waals surface area contributed by atoms with E-state index in [4.69, 9.17) is 5.41 Å². The normalized spacial score (nSPS) is 15.4. The number of carbonyl (C=O) groups is 1. The average Bonchev–Trinajstić information content (AvgIpc) is 3.07. The Kier molecular flexibility index (Phi) is 5.53. The number of anilines is 1. The molecular weight excluding hydrogens is 392 g/mol. The van der Waals surface area contributed by atoms with Crippen LogP contribution >= 0.6 is 0 Å². The number of nitrogens with zero attached hydrogens (tertiary/aromatic N) is 3. The van der Waals surface area contributed by atoms with Gasteiger partial charge in [0, 0.05) is 42.8 Å². The predicted octanol–water partition coefficient (Wildman–Crippen LogP) is 3.72. The van der Waals surface area contributed by atoms with E-state index in [0.29, 0.717) is 6.54 Å². The molecule has 0 spiro atoms. The Morgan fingerprint density at radius 1 is 1.26 bits per heavy atom. The van der Waals surface area contributed by atoms with Crippen LogP contribution in [0, 0.1) is 12.3 Å². The first-order valence-corrected chi connectivity index (χ1v) is 10.0. The Balaban J connectivity index is 1.82. The van der Waals surface area contributed by atoms with Crippen LogP contribution in [0.2, 0.25) is 0 Å². The summed E-state index contributed by atoms with van der Waals surface area (Å²) in [6, 6.07) is 12.9. The van der Waals surface area contributed by atoms with Crippen LogP contribution in [-0.4, -0.2) is 39.3 Å². The van der Waals surface area contributed by atoms with E-state index < -0.39 is 5.97 Å². The van der Waals surface area contributed by atoms with E-state index in [0.717, 1.165) is 45.8 Å². The molecular formula is C23H24N6O2. The van der Waals surface area contributed by atoms with E-state index in [1.165, 1.54) is 6.21 Å². The van der Waals surface area contributed by atoms with Gasteiger partial charge >= 0.3 is 5.97 Å². The van der Waals surface area contributed by atoms with Crippen molar-refractivity contribution in [3.63, 3.8) is 0 Å². The first-order valence-electron chi connectivity index (χ1n) is 10.0. The van der Waals surface area contributed by atoms with Crippen LogP contribution in [0.4, 0.5) is 5.69 Å². The molecule has 2 aromatic carbocycles. The van der Waals surface area contributed by atoms with E-state index in [1.54, 1.807) is 31.4 Å². The summed E-state index contributed by atoms with van der Waals surface area (Å²) in [5.74, 6) is -0.957. The first-order chi connectivity index (χ1) is 15.0. The van der Waals surface area contributed by atoms with Gasteiger partial charge in [-0.05, 0) is 48.7 Å². The highest BCUT2D eigenvalue weighted by molar-refractivity contribution is 6.08. The second-order valence-corrected chi connectivity index (χ2v) is 7.45. The summed E-state index contributed by atoms with van der Waals surface area (Å²) in [5.41, 5.74) is 6.62. The minimum absolute atomic E-state index is 0.0679. The van der Waals surface area contributed by atoms with Crippen LogP contribution in [0.15, 0.2) is 48.7 Å². The maximum absolute atomic E-state index is 11.4. The van der Waals surface area contributed by atoms with Crippen molar-refractivity contribution < 1.29 is 9.90 Å². The van der Waals surface area contributed by atoms with Gasteiger partial charge in [-0.2, -0.15) is 0 Å². The van der Waals surface area contributed by atoms with Gasteiger partial charge < -0.3 is 21.1 Å². The number of allylic oxidation sites excluding steroid dienone is 1. The molecule has 1 atom stereocenters. The Hall–Kier alpha value is -3.94. The van der Waals surface area contributed by atoms with Gasteiger partial charge in [-0.25, -0.2) is 9.48 Å². The molecule has 0 saturated carbocycles. The summed E-state index contributed by atoms with van der Waals surface area (Å²) in [5, 5.41) is 32.2. The highest BCUT2D eigenvalue weighted by Gasteiger charge is 2.26. The number of fused-ring (bicyclic) bond motifs is 3. The van der Waals surface area contributed by atoms with Crippen LogP contribution in [0.25, 0.3) is 16.8 Å². The lowest BCUT2D eigenvalue weighted by Gasteiger charge is -2.22. The third-order valence-electron chi connectivity index (χ3n) is 5.45. The number of benzene rings is 2. The third-order valence-corrected chi connectivity index (χ3v) is 5.45. The molecule has 0 fully saturated rings. The Bertz CT molecular complexity index is 1180. The first kappa shape index (κ1) is 20.3. The van der Waals surface area contributed by atoms with Crippen molar-refractivity contribution in [2.45, 2.75) is 25.9 Å². The Morgan fingerprint density at radius 2 is 2.10 bits per heavy atom. The van der Waals surface area contributed by atoms with E-state index in [1.807, 2.05) is 29.8 Å². The third kappa shape index (κ3) is 3.92. The van der Waals surface area contributed by atoms with Crippen molar-refractivity contribution in [2.75, 3.05) is 12.4 Å². The molecule has 0 amide bonds. The van der Waals surface area contributed by atoms with Gasteiger partial charge in [0.15, 0.2) is 0 Å². The molecule has 0 bridgehead atoms. The summed E-state index contributed by atoms with van der Waals surface area (Å²) < 4.78 is 1.92. The number of carboxylic acid groups (broad SMARTS) is 1. The fourth-order valence-corrected chi connectivity index (χ4v) is 4.00. The van der Waals surface area contributed by atoms with Crippen molar-refractivity contribution >= 4 is 23.4 Å². The molecule has 8 nitrogen and oxygen atoms in total. The van der Waals surface area contributed by atoms with Crippen LogP contribution < -0.4 is 10.6 Å². The summed E-state index contributed by atoms with van der Waals surface area (Å²) in [6.45, 7) is 2.63. The largest absolute Gasteiger partial charge is 0.478 e. The van der Waals surface area contributed by atoms with Crippen molar-refractivity contribution in [1.82, 2.24) is 20.3 Å². The van der Waals surface area contributed by atoms with E-state index >= 15 is 0 Å². The van der Waals surface area contributed by atoms with Gasteiger partial charge in [-0.1, -0.05) is 23.4 Å². The summed E-state index contributed by atoms with van der Waals surface area (Å²) >= 11 is 0. The highest BCUT2D eigenvalue weighted by Crippen LogP contribution is 2.38. The van der Waals surface area contributed by atoms with Crippen LogP contribution in [0.1, 0.15) is 39.6 Å². The highest BCUT2D eigenvalue weighted by atomic mass is 16.4. The van der Waals surface area contributed by atoms with E-state index in [-0.39, 0.29) is 11.6 Å². The number of hydrogen-bond acceptors (Lipinski definition) is 6. The molecule has 4 N–H and O–H groups in total. The molecule has 158 valence electrons. The number of aryl methyl sites for hydroxylation is 2. The fourth-order valence-electron chi connectivity index (χ4n) is 4.00. The van der Waals surface area contributed by atoms with Gasteiger partial charge in [0.2, 0.25) is 0 Å². The van der Waals surface area contributed by atoms with Crippen LogP contribution in [0.5, 0.6) is 0 Å². The molecule has 0 saturated heterocycles. The predicted molar refractivity (Wildman–Crippen MR) is 120 cm³/mol. The lowest BCUT2D eigenvalue weighted by atomic mass is 9.92. The number of hydrogen-bond donors (Lipinski definition) is 4. The number of rotatable bonds is 6. The van der Waals surface area contributed by atoms with Gasteiger partial charge in [0.25, 0.3) is 0 Å². The standard InChI is InChI=1S/C23H24N6O2/c1-14-22-19-7-6-15(17(12-24)13-25-2)11-20(19)21(8-9-29(22)28-27-14)26-18-5-3-4-16(10-18)23(30)31/h3-7,10-13,21,24-26H,8-9H2,1-2H3,(H,30,31)/b17-13+,24-12?. The molecule has 1 aliphatic heterocycles. The number of aromatic nitrogens is 3. The quantitative estimate of drug-likeness (QED) is 0.455. The minimum Gasteiger partial charge on any atom is -0.478 e. The smallest absolute Gasteiger partial charge is 0.335 e. The van der Waals surface area contributed by atoms with Crippen LogP contribution in [-0.2, 0) is 6.54 Å².